The zero-order valence-electron chi connectivity index (χ0n) is 14.7. The summed E-state index contributed by atoms with van der Waals surface area (Å²) in [5.74, 6) is 2.64. The molecule has 0 aliphatic carbocycles. The molecule has 0 aliphatic heterocycles. The molecule has 2 aromatic rings. The van der Waals surface area contributed by atoms with E-state index in [9.17, 15) is 0 Å². The van der Waals surface area contributed by atoms with Gasteiger partial charge in [-0.25, -0.2) is 4.99 Å². The molecule has 0 saturated heterocycles. The minimum absolute atomic E-state index is 0.366. The van der Waals surface area contributed by atoms with Crippen LogP contribution in [-0.4, -0.2) is 25.7 Å². The van der Waals surface area contributed by atoms with Crippen molar-refractivity contribution in [2.45, 2.75) is 39.3 Å². The van der Waals surface area contributed by atoms with Gasteiger partial charge in [0.2, 0.25) is 0 Å². The number of nitrogens with zero attached hydrogens (tertiary/aromatic N) is 1. The lowest BCUT2D eigenvalue weighted by Gasteiger charge is -2.17. The van der Waals surface area contributed by atoms with Crippen LogP contribution in [0.25, 0.3) is 0 Å². The summed E-state index contributed by atoms with van der Waals surface area (Å²) >= 11 is 0. The van der Waals surface area contributed by atoms with Gasteiger partial charge in [0.1, 0.15) is 11.5 Å². The Morgan fingerprint density at radius 2 is 2.17 bits per heavy atom. The Morgan fingerprint density at radius 3 is 2.88 bits per heavy atom. The number of methoxy groups -OCH3 is 1. The van der Waals surface area contributed by atoms with Crippen LogP contribution < -0.4 is 15.4 Å². The first-order chi connectivity index (χ1) is 11.7. The van der Waals surface area contributed by atoms with E-state index in [-0.39, 0.29) is 0 Å². The standard InChI is InChI=1S/C19H27N3O2/c1-4-15(2)22-19(20-11-10-17-9-6-12-24-17)21-14-16-7-5-8-18(13-16)23-3/h5-9,12-13,15H,4,10-11,14H2,1-3H3,(H2,20,21,22). The van der Waals surface area contributed by atoms with Crippen LogP contribution in [0.2, 0.25) is 0 Å². The molecule has 5 nitrogen and oxygen atoms in total. The normalized spacial score (nSPS) is 12.7. The fourth-order valence-corrected chi connectivity index (χ4v) is 2.19. The number of rotatable bonds is 8. The third-order valence-corrected chi connectivity index (χ3v) is 3.79. The van der Waals surface area contributed by atoms with Gasteiger partial charge in [-0.15, -0.1) is 0 Å². The van der Waals surface area contributed by atoms with Crippen molar-refractivity contribution in [3.8, 4) is 5.75 Å². The number of nitrogens with one attached hydrogen (secondary N) is 2. The summed E-state index contributed by atoms with van der Waals surface area (Å²) in [5.41, 5.74) is 1.12. The van der Waals surface area contributed by atoms with E-state index in [1.54, 1.807) is 13.4 Å². The van der Waals surface area contributed by atoms with Crippen LogP contribution in [0.3, 0.4) is 0 Å². The minimum atomic E-state index is 0.366. The molecule has 0 fully saturated rings. The molecule has 24 heavy (non-hydrogen) atoms. The summed E-state index contributed by atoms with van der Waals surface area (Å²) < 4.78 is 10.6. The fourth-order valence-electron chi connectivity index (χ4n) is 2.19. The highest BCUT2D eigenvalue weighted by molar-refractivity contribution is 5.80. The Morgan fingerprint density at radius 1 is 1.29 bits per heavy atom. The number of aliphatic imine (C=N–C) groups is 1. The summed E-state index contributed by atoms with van der Waals surface area (Å²) in [6.07, 6.45) is 3.57. The lowest BCUT2D eigenvalue weighted by atomic mass is 10.2. The molecular formula is C19H27N3O2. The van der Waals surface area contributed by atoms with Gasteiger partial charge in [0.25, 0.3) is 0 Å². The van der Waals surface area contributed by atoms with E-state index in [1.807, 2.05) is 30.3 Å². The highest BCUT2D eigenvalue weighted by atomic mass is 16.5. The van der Waals surface area contributed by atoms with E-state index >= 15 is 0 Å². The summed E-state index contributed by atoms with van der Waals surface area (Å²) in [6.45, 7) is 5.67. The molecule has 2 N–H and O–H groups in total. The van der Waals surface area contributed by atoms with Crippen molar-refractivity contribution < 1.29 is 9.15 Å². The molecule has 0 bridgehead atoms. The number of furan rings is 1. The van der Waals surface area contributed by atoms with Crippen LogP contribution >= 0.6 is 0 Å². The molecule has 130 valence electrons. The largest absolute Gasteiger partial charge is 0.497 e. The zero-order chi connectivity index (χ0) is 17.2. The SMILES string of the molecule is CCC(C)NC(=NCc1cccc(OC)c1)NCCc1ccco1. The molecule has 0 radical (unpaired) electrons. The number of hydrogen-bond donors (Lipinski definition) is 2. The van der Waals surface area contributed by atoms with Crippen LogP contribution in [0.4, 0.5) is 0 Å². The lowest BCUT2D eigenvalue weighted by molar-refractivity contribution is 0.414. The molecule has 1 aromatic carbocycles. The monoisotopic (exact) mass is 329 g/mol. The zero-order valence-corrected chi connectivity index (χ0v) is 14.7. The van der Waals surface area contributed by atoms with Gasteiger partial charge < -0.3 is 19.8 Å². The molecule has 2 rings (SSSR count). The topological polar surface area (TPSA) is 58.8 Å². The molecule has 1 aromatic heterocycles. The van der Waals surface area contributed by atoms with E-state index in [0.29, 0.717) is 12.6 Å². The first-order valence-electron chi connectivity index (χ1n) is 8.41. The van der Waals surface area contributed by atoms with Gasteiger partial charge in [0.05, 0.1) is 19.9 Å². The Labute approximate surface area is 144 Å². The maximum absolute atomic E-state index is 5.36. The Bertz CT molecular complexity index is 623. The van der Waals surface area contributed by atoms with E-state index in [4.69, 9.17) is 9.15 Å². The van der Waals surface area contributed by atoms with Gasteiger partial charge in [0.15, 0.2) is 5.96 Å². The molecule has 0 amide bonds. The quantitative estimate of drug-likeness (QED) is 0.576. The number of ether oxygens (including phenoxy) is 1. The van der Waals surface area contributed by atoms with Crippen molar-refractivity contribution >= 4 is 5.96 Å². The smallest absolute Gasteiger partial charge is 0.191 e. The fraction of sp³-hybridized carbons (Fsp3) is 0.421. The Balaban J connectivity index is 1.95. The van der Waals surface area contributed by atoms with Gasteiger partial charge in [-0.2, -0.15) is 0 Å². The highest BCUT2D eigenvalue weighted by Crippen LogP contribution is 2.13. The molecule has 0 spiro atoms. The van der Waals surface area contributed by atoms with Gasteiger partial charge in [-0.3, -0.25) is 0 Å². The summed E-state index contributed by atoms with van der Waals surface area (Å²) in [5, 5.41) is 6.79. The van der Waals surface area contributed by atoms with Crippen LogP contribution in [0.1, 0.15) is 31.6 Å². The summed E-state index contributed by atoms with van der Waals surface area (Å²) in [7, 11) is 1.68. The van der Waals surface area contributed by atoms with Crippen molar-refractivity contribution in [1.29, 1.82) is 0 Å². The Kier molecular flexibility index (Phi) is 7.21. The molecule has 5 heteroatoms. The Hall–Kier alpha value is -2.43. The van der Waals surface area contributed by atoms with Crippen LogP contribution in [0.15, 0.2) is 52.1 Å². The second-order valence-corrected chi connectivity index (χ2v) is 5.73. The predicted molar refractivity (Wildman–Crippen MR) is 97.4 cm³/mol. The average molecular weight is 329 g/mol. The second kappa shape index (κ2) is 9.65. The van der Waals surface area contributed by atoms with Crippen LogP contribution in [0.5, 0.6) is 5.75 Å². The lowest BCUT2D eigenvalue weighted by Crippen LogP contribution is -2.42. The van der Waals surface area contributed by atoms with Gasteiger partial charge in [-0.05, 0) is 43.2 Å². The minimum Gasteiger partial charge on any atom is -0.497 e. The molecule has 0 aliphatic rings. The third-order valence-electron chi connectivity index (χ3n) is 3.79. The van der Waals surface area contributed by atoms with Gasteiger partial charge in [0, 0.05) is 19.0 Å². The summed E-state index contributed by atoms with van der Waals surface area (Å²) in [4.78, 5) is 4.68. The average Bonchev–Trinajstić information content (AvgIpc) is 3.13. The van der Waals surface area contributed by atoms with Crippen molar-refractivity contribution in [2.75, 3.05) is 13.7 Å². The van der Waals surface area contributed by atoms with Gasteiger partial charge >= 0.3 is 0 Å². The van der Waals surface area contributed by atoms with Crippen LogP contribution in [-0.2, 0) is 13.0 Å². The molecule has 1 heterocycles. The molecule has 1 atom stereocenters. The molecule has 0 saturated carbocycles. The molecular weight excluding hydrogens is 302 g/mol. The maximum atomic E-state index is 5.36. The molecule has 1 unspecified atom stereocenters. The summed E-state index contributed by atoms with van der Waals surface area (Å²) in [6, 6.07) is 12.2. The number of benzene rings is 1. The second-order valence-electron chi connectivity index (χ2n) is 5.73. The van der Waals surface area contributed by atoms with E-state index < -0.39 is 0 Å². The van der Waals surface area contributed by atoms with Crippen molar-refractivity contribution in [2.24, 2.45) is 4.99 Å². The third kappa shape index (κ3) is 5.99. The van der Waals surface area contributed by atoms with E-state index in [0.717, 1.165) is 42.4 Å². The van der Waals surface area contributed by atoms with Crippen molar-refractivity contribution in [3.63, 3.8) is 0 Å². The first-order valence-corrected chi connectivity index (χ1v) is 8.41. The van der Waals surface area contributed by atoms with Crippen molar-refractivity contribution in [3.05, 3.63) is 54.0 Å². The van der Waals surface area contributed by atoms with Gasteiger partial charge in [-0.1, -0.05) is 19.1 Å². The number of hydrogen-bond acceptors (Lipinski definition) is 3. The van der Waals surface area contributed by atoms with Crippen molar-refractivity contribution in [1.82, 2.24) is 10.6 Å². The highest BCUT2D eigenvalue weighted by Gasteiger charge is 2.04. The number of guanidine groups is 1. The predicted octanol–water partition coefficient (Wildman–Crippen LogP) is 3.36. The van der Waals surface area contributed by atoms with E-state index in [2.05, 4.69) is 35.5 Å². The van der Waals surface area contributed by atoms with E-state index in [1.165, 1.54) is 0 Å². The van der Waals surface area contributed by atoms with Crippen LogP contribution in [0, 0.1) is 0 Å². The maximum Gasteiger partial charge on any atom is 0.191 e. The first kappa shape index (κ1) is 17.9.